The zero-order valence-corrected chi connectivity index (χ0v) is 10.5. The minimum absolute atomic E-state index is 0.259. The van der Waals surface area contributed by atoms with Gasteiger partial charge < -0.3 is 5.11 Å². The molecule has 0 aliphatic carbocycles. The Morgan fingerprint density at radius 2 is 1.82 bits per heavy atom. The van der Waals surface area contributed by atoms with Crippen molar-refractivity contribution in [3.8, 4) is 0 Å². The Labute approximate surface area is 104 Å². The zero-order valence-electron chi connectivity index (χ0n) is 10.5. The van der Waals surface area contributed by atoms with Crippen LogP contribution in [0.2, 0.25) is 0 Å². The van der Waals surface area contributed by atoms with Crippen LogP contribution in [0.1, 0.15) is 38.5 Å². The molecule has 0 saturated carbocycles. The molecule has 2 aliphatic heterocycles. The maximum Gasteiger partial charge on any atom is 0.320 e. The fraction of sp³-hybridized carbons (Fsp3) is 0.846. The number of carbonyl (C=O) groups is 1. The highest BCUT2D eigenvalue weighted by Gasteiger charge is 2.28. The predicted octanol–water partition coefficient (Wildman–Crippen LogP) is 1.57. The monoisotopic (exact) mass is 239 g/mol. The molecule has 0 amide bonds. The van der Waals surface area contributed by atoms with E-state index >= 15 is 0 Å². The number of carboxylic acids is 1. The smallest absolute Gasteiger partial charge is 0.320 e. The highest BCUT2D eigenvalue weighted by atomic mass is 16.4. The van der Waals surface area contributed by atoms with Crippen molar-refractivity contribution in [3.63, 3.8) is 0 Å². The van der Waals surface area contributed by atoms with Crippen molar-refractivity contribution in [1.29, 1.82) is 0 Å². The number of piperidine rings is 2. The van der Waals surface area contributed by atoms with Gasteiger partial charge in [-0.2, -0.15) is 0 Å². The van der Waals surface area contributed by atoms with Crippen molar-refractivity contribution in [1.82, 2.24) is 9.80 Å². The normalized spacial score (nSPS) is 28.1. The number of aliphatic carboxylic acids is 1. The molecule has 4 nitrogen and oxygen atoms in total. The van der Waals surface area contributed by atoms with Crippen LogP contribution < -0.4 is 0 Å². The molecule has 97 valence electrons. The summed E-state index contributed by atoms with van der Waals surface area (Å²) in [4.78, 5) is 15.6. The van der Waals surface area contributed by atoms with E-state index in [1.807, 2.05) is 0 Å². The first-order chi connectivity index (χ1) is 8.27. The first-order valence-corrected chi connectivity index (χ1v) is 6.81. The van der Waals surface area contributed by atoms with Crippen molar-refractivity contribution in [2.75, 3.05) is 26.2 Å². The minimum Gasteiger partial charge on any atom is -0.480 e. The molecule has 2 aliphatic rings. The van der Waals surface area contributed by atoms with Gasteiger partial charge in [-0.05, 0) is 45.3 Å². The zero-order chi connectivity index (χ0) is 12.1. The molecule has 1 unspecified atom stereocenters. The van der Waals surface area contributed by atoms with E-state index in [1.54, 1.807) is 0 Å². The number of nitrogens with zero attached hydrogens (tertiary/aromatic N) is 2. The molecule has 0 bridgehead atoms. The summed E-state index contributed by atoms with van der Waals surface area (Å²) in [5.41, 5.74) is 0. The Hall–Kier alpha value is -0.610. The average molecular weight is 239 g/mol. The maximum atomic E-state index is 11.1. The topological polar surface area (TPSA) is 43.8 Å². The van der Waals surface area contributed by atoms with Gasteiger partial charge in [-0.15, -0.1) is 0 Å². The Bertz CT molecular complexity index is 252. The molecule has 2 saturated heterocycles. The van der Waals surface area contributed by atoms with Crippen molar-refractivity contribution in [2.45, 2.75) is 44.6 Å². The highest BCUT2D eigenvalue weighted by Crippen LogP contribution is 2.18. The molecule has 1 atom stereocenters. The fourth-order valence-corrected chi connectivity index (χ4v) is 2.81. The summed E-state index contributed by atoms with van der Waals surface area (Å²) in [5, 5.41) is 9.18. The average Bonchev–Trinajstić information content (AvgIpc) is 2.38. The molecule has 2 heterocycles. The first-order valence-electron chi connectivity index (χ1n) is 6.81. The Kier molecular flexibility index (Phi) is 4.80. The van der Waals surface area contributed by atoms with E-state index in [0.717, 1.165) is 45.4 Å². The number of carboxylic acid groups (broad SMARTS) is 1. The van der Waals surface area contributed by atoms with Crippen LogP contribution in [0.25, 0.3) is 0 Å². The molecule has 1 N–H and O–H groups in total. The lowest BCUT2D eigenvalue weighted by atomic mass is 10.0. The van der Waals surface area contributed by atoms with Crippen LogP contribution in [-0.2, 0) is 4.79 Å². The van der Waals surface area contributed by atoms with E-state index in [2.05, 4.69) is 16.3 Å². The first kappa shape index (κ1) is 12.8. The van der Waals surface area contributed by atoms with E-state index in [9.17, 15) is 9.90 Å². The van der Waals surface area contributed by atoms with Gasteiger partial charge >= 0.3 is 5.97 Å². The van der Waals surface area contributed by atoms with Gasteiger partial charge in [0.2, 0.25) is 0 Å². The molecule has 17 heavy (non-hydrogen) atoms. The van der Waals surface area contributed by atoms with Gasteiger partial charge in [-0.3, -0.25) is 14.6 Å². The Morgan fingerprint density at radius 1 is 1.12 bits per heavy atom. The van der Waals surface area contributed by atoms with E-state index in [-0.39, 0.29) is 6.04 Å². The van der Waals surface area contributed by atoms with Gasteiger partial charge in [-0.1, -0.05) is 12.8 Å². The molecule has 1 radical (unpaired) electrons. The summed E-state index contributed by atoms with van der Waals surface area (Å²) in [6, 6.07) is -0.259. The Morgan fingerprint density at radius 3 is 2.53 bits per heavy atom. The molecular weight excluding hydrogens is 216 g/mol. The highest BCUT2D eigenvalue weighted by molar-refractivity contribution is 5.73. The number of hydrogen-bond donors (Lipinski definition) is 1. The molecule has 2 rings (SSSR count). The van der Waals surface area contributed by atoms with Crippen LogP contribution in [0.3, 0.4) is 0 Å². The second-order valence-electron chi connectivity index (χ2n) is 5.12. The minimum atomic E-state index is -0.656. The Balaban J connectivity index is 1.77. The van der Waals surface area contributed by atoms with E-state index in [4.69, 9.17) is 0 Å². The second-order valence-corrected chi connectivity index (χ2v) is 5.12. The van der Waals surface area contributed by atoms with Gasteiger partial charge in [0.05, 0.1) is 0 Å². The lowest BCUT2D eigenvalue weighted by molar-refractivity contribution is -0.144. The summed E-state index contributed by atoms with van der Waals surface area (Å²) < 4.78 is 0. The predicted molar refractivity (Wildman–Crippen MR) is 66.6 cm³/mol. The standard InChI is InChI=1S/C13H23N2O2/c16-13(17)12-6-2-5-9-15(12)11-10-14-7-3-1-4-8-14/h10,12H,1-9,11H2,(H,16,17). The van der Waals surface area contributed by atoms with Gasteiger partial charge in [0.1, 0.15) is 6.04 Å². The third kappa shape index (κ3) is 3.68. The van der Waals surface area contributed by atoms with Crippen LogP contribution >= 0.6 is 0 Å². The summed E-state index contributed by atoms with van der Waals surface area (Å²) in [7, 11) is 0. The summed E-state index contributed by atoms with van der Waals surface area (Å²) >= 11 is 0. The molecule has 0 spiro atoms. The number of likely N-dealkylation sites (tertiary alicyclic amines) is 2. The van der Waals surface area contributed by atoms with E-state index in [0.29, 0.717) is 0 Å². The van der Waals surface area contributed by atoms with Crippen molar-refractivity contribution < 1.29 is 9.90 Å². The van der Waals surface area contributed by atoms with Gasteiger partial charge in [0.15, 0.2) is 0 Å². The summed E-state index contributed by atoms with van der Waals surface area (Å²) in [6.07, 6.45) is 6.89. The van der Waals surface area contributed by atoms with E-state index in [1.165, 1.54) is 19.3 Å². The fourth-order valence-electron chi connectivity index (χ4n) is 2.81. The third-order valence-electron chi connectivity index (χ3n) is 3.86. The largest absolute Gasteiger partial charge is 0.480 e. The molecule has 2 fully saturated rings. The number of rotatable bonds is 4. The van der Waals surface area contributed by atoms with Crippen LogP contribution in [0.4, 0.5) is 0 Å². The van der Waals surface area contributed by atoms with Crippen LogP contribution in [0.5, 0.6) is 0 Å². The second kappa shape index (κ2) is 6.36. The van der Waals surface area contributed by atoms with Gasteiger partial charge in [0.25, 0.3) is 0 Å². The lowest BCUT2D eigenvalue weighted by Crippen LogP contribution is -2.46. The van der Waals surface area contributed by atoms with Gasteiger partial charge in [0, 0.05) is 13.1 Å². The van der Waals surface area contributed by atoms with Crippen molar-refractivity contribution >= 4 is 5.97 Å². The summed E-state index contributed by atoms with van der Waals surface area (Å²) in [6.45, 7) is 6.23. The third-order valence-corrected chi connectivity index (χ3v) is 3.86. The SMILES string of the molecule is O=C(O)C1CCCCN1C[CH]N1CCCCC1. The van der Waals surface area contributed by atoms with Crippen LogP contribution in [0, 0.1) is 6.54 Å². The van der Waals surface area contributed by atoms with Crippen molar-refractivity contribution in [3.05, 3.63) is 6.54 Å². The summed E-state index contributed by atoms with van der Waals surface area (Å²) in [5.74, 6) is -0.656. The lowest BCUT2D eigenvalue weighted by Gasteiger charge is -2.35. The van der Waals surface area contributed by atoms with E-state index < -0.39 is 5.97 Å². The quantitative estimate of drug-likeness (QED) is 0.809. The maximum absolute atomic E-state index is 11.1. The van der Waals surface area contributed by atoms with Crippen molar-refractivity contribution in [2.24, 2.45) is 0 Å². The van der Waals surface area contributed by atoms with Crippen LogP contribution in [0.15, 0.2) is 0 Å². The molecule has 0 aromatic carbocycles. The molecule has 0 aromatic heterocycles. The number of hydrogen-bond acceptors (Lipinski definition) is 3. The molecule has 0 aromatic rings. The molecule has 4 heteroatoms. The van der Waals surface area contributed by atoms with Gasteiger partial charge in [-0.25, -0.2) is 0 Å². The molecular formula is C13H23N2O2. The van der Waals surface area contributed by atoms with Crippen LogP contribution in [-0.4, -0.2) is 53.1 Å².